The molecule has 0 radical (unpaired) electrons. The number of hydrogen-bond donors (Lipinski definition) is 1. The molecule has 74 valence electrons. The summed E-state index contributed by atoms with van der Waals surface area (Å²) in [6.07, 6.45) is 6.32. The van der Waals surface area contributed by atoms with Crippen molar-refractivity contribution in [3.63, 3.8) is 0 Å². The van der Waals surface area contributed by atoms with Crippen molar-refractivity contribution in [3.05, 3.63) is 0 Å². The standard InChI is InChI=1S/C10H18N2O/c11-8-3-1-4-9(7-8)12-6-2-5-10(12)13/h8-9H,1-7,11H2/t8-,9+/m1/s1. The first-order valence-electron chi connectivity index (χ1n) is 5.32. The Labute approximate surface area is 79.3 Å². The van der Waals surface area contributed by atoms with Gasteiger partial charge < -0.3 is 10.6 Å². The third-order valence-electron chi connectivity index (χ3n) is 3.24. The minimum Gasteiger partial charge on any atom is -0.340 e. The monoisotopic (exact) mass is 182 g/mol. The first kappa shape index (κ1) is 9.00. The highest BCUT2D eigenvalue weighted by Crippen LogP contribution is 2.25. The molecule has 0 aromatic rings. The average Bonchev–Trinajstić information content (AvgIpc) is 2.51. The maximum absolute atomic E-state index is 11.5. The molecule has 2 atom stereocenters. The van der Waals surface area contributed by atoms with Gasteiger partial charge in [0.1, 0.15) is 0 Å². The minimum atomic E-state index is 0.326. The molecular weight excluding hydrogens is 164 g/mol. The van der Waals surface area contributed by atoms with Gasteiger partial charge in [-0.1, -0.05) is 0 Å². The lowest BCUT2D eigenvalue weighted by Gasteiger charge is -2.33. The first-order valence-corrected chi connectivity index (χ1v) is 5.32. The molecule has 0 spiro atoms. The molecule has 1 saturated heterocycles. The summed E-state index contributed by atoms with van der Waals surface area (Å²) in [7, 11) is 0. The Morgan fingerprint density at radius 1 is 1.31 bits per heavy atom. The zero-order chi connectivity index (χ0) is 9.26. The predicted molar refractivity (Wildman–Crippen MR) is 51.2 cm³/mol. The number of carbonyl (C=O) groups excluding carboxylic acids is 1. The highest BCUT2D eigenvalue weighted by atomic mass is 16.2. The van der Waals surface area contributed by atoms with Crippen molar-refractivity contribution in [1.29, 1.82) is 0 Å². The molecule has 3 nitrogen and oxygen atoms in total. The molecule has 2 aliphatic rings. The van der Waals surface area contributed by atoms with Crippen LogP contribution in [-0.2, 0) is 4.79 Å². The Morgan fingerprint density at radius 2 is 2.15 bits per heavy atom. The van der Waals surface area contributed by atoms with Crippen molar-refractivity contribution >= 4 is 5.91 Å². The second-order valence-corrected chi connectivity index (χ2v) is 4.27. The molecule has 0 bridgehead atoms. The third kappa shape index (κ3) is 1.85. The van der Waals surface area contributed by atoms with E-state index in [0.717, 1.165) is 32.2 Å². The van der Waals surface area contributed by atoms with Gasteiger partial charge in [0.05, 0.1) is 0 Å². The van der Waals surface area contributed by atoms with Gasteiger partial charge in [-0.2, -0.15) is 0 Å². The van der Waals surface area contributed by atoms with Crippen LogP contribution < -0.4 is 5.73 Å². The van der Waals surface area contributed by atoms with E-state index in [1.165, 1.54) is 12.8 Å². The maximum Gasteiger partial charge on any atom is 0.222 e. The fourth-order valence-electron chi connectivity index (χ4n) is 2.54. The lowest BCUT2D eigenvalue weighted by molar-refractivity contribution is -0.130. The SMILES string of the molecule is N[C@@H]1CCC[C@H](N2CCCC2=O)C1. The van der Waals surface area contributed by atoms with Crippen LogP contribution in [0.25, 0.3) is 0 Å². The third-order valence-corrected chi connectivity index (χ3v) is 3.24. The van der Waals surface area contributed by atoms with Gasteiger partial charge in [-0.3, -0.25) is 4.79 Å². The zero-order valence-corrected chi connectivity index (χ0v) is 8.04. The summed E-state index contributed by atoms with van der Waals surface area (Å²) in [6.45, 7) is 0.968. The van der Waals surface area contributed by atoms with Crippen LogP contribution in [0.3, 0.4) is 0 Å². The Balaban J connectivity index is 1.95. The van der Waals surface area contributed by atoms with E-state index in [-0.39, 0.29) is 0 Å². The van der Waals surface area contributed by atoms with E-state index >= 15 is 0 Å². The topological polar surface area (TPSA) is 46.3 Å². The van der Waals surface area contributed by atoms with Crippen molar-refractivity contribution in [3.8, 4) is 0 Å². The number of nitrogens with two attached hydrogens (primary N) is 1. The van der Waals surface area contributed by atoms with Gasteiger partial charge in [-0.15, -0.1) is 0 Å². The van der Waals surface area contributed by atoms with Gasteiger partial charge >= 0.3 is 0 Å². The highest BCUT2D eigenvalue weighted by Gasteiger charge is 2.30. The molecule has 1 aliphatic carbocycles. The van der Waals surface area contributed by atoms with E-state index in [0.29, 0.717) is 18.0 Å². The smallest absolute Gasteiger partial charge is 0.222 e. The lowest BCUT2D eigenvalue weighted by atomic mass is 9.91. The zero-order valence-electron chi connectivity index (χ0n) is 8.04. The molecule has 13 heavy (non-hydrogen) atoms. The van der Waals surface area contributed by atoms with Crippen molar-refractivity contribution < 1.29 is 4.79 Å². The second kappa shape index (κ2) is 3.66. The molecular formula is C10H18N2O. The van der Waals surface area contributed by atoms with E-state index in [2.05, 4.69) is 4.90 Å². The van der Waals surface area contributed by atoms with Crippen LogP contribution in [-0.4, -0.2) is 29.4 Å². The minimum absolute atomic E-state index is 0.326. The van der Waals surface area contributed by atoms with E-state index in [1.807, 2.05) is 0 Å². The molecule has 2 N–H and O–H groups in total. The summed E-state index contributed by atoms with van der Waals surface area (Å²) in [4.78, 5) is 13.5. The van der Waals surface area contributed by atoms with Gasteiger partial charge in [-0.05, 0) is 32.1 Å². The van der Waals surface area contributed by atoms with E-state index in [9.17, 15) is 4.79 Å². The summed E-state index contributed by atoms with van der Waals surface area (Å²) in [5, 5.41) is 0. The summed E-state index contributed by atoms with van der Waals surface area (Å²) in [5.41, 5.74) is 5.90. The number of nitrogens with zero attached hydrogens (tertiary/aromatic N) is 1. The molecule has 1 heterocycles. The summed E-state index contributed by atoms with van der Waals surface area (Å²) in [5.74, 6) is 0.346. The maximum atomic E-state index is 11.5. The van der Waals surface area contributed by atoms with Crippen molar-refractivity contribution in [2.45, 2.75) is 50.6 Å². The van der Waals surface area contributed by atoms with Crippen LogP contribution >= 0.6 is 0 Å². The van der Waals surface area contributed by atoms with Crippen LogP contribution in [0.2, 0.25) is 0 Å². The Kier molecular flexibility index (Phi) is 2.54. The lowest BCUT2D eigenvalue weighted by Crippen LogP contribution is -2.43. The van der Waals surface area contributed by atoms with Crippen molar-refractivity contribution in [2.75, 3.05) is 6.54 Å². The number of likely N-dealkylation sites (tertiary alicyclic amines) is 1. The first-order chi connectivity index (χ1) is 6.27. The normalized spacial score (nSPS) is 35.5. The average molecular weight is 182 g/mol. The van der Waals surface area contributed by atoms with E-state index in [1.54, 1.807) is 0 Å². The molecule has 1 aliphatic heterocycles. The molecule has 0 unspecified atom stereocenters. The van der Waals surface area contributed by atoms with Gasteiger partial charge in [0, 0.05) is 25.0 Å². The van der Waals surface area contributed by atoms with E-state index < -0.39 is 0 Å². The number of amides is 1. The van der Waals surface area contributed by atoms with Crippen LogP contribution in [0.5, 0.6) is 0 Å². The van der Waals surface area contributed by atoms with Crippen molar-refractivity contribution in [2.24, 2.45) is 5.73 Å². The van der Waals surface area contributed by atoms with Crippen LogP contribution in [0.4, 0.5) is 0 Å². The number of rotatable bonds is 1. The van der Waals surface area contributed by atoms with Gasteiger partial charge in [0.25, 0.3) is 0 Å². The van der Waals surface area contributed by atoms with Gasteiger partial charge in [-0.25, -0.2) is 0 Å². The molecule has 1 amide bonds. The molecule has 2 fully saturated rings. The molecule has 2 rings (SSSR count). The molecule has 1 saturated carbocycles. The highest BCUT2D eigenvalue weighted by molar-refractivity contribution is 5.78. The number of carbonyl (C=O) groups is 1. The van der Waals surface area contributed by atoms with Crippen LogP contribution in [0, 0.1) is 0 Å². The number of hydrogen-bond acceptors (Lipinski definition) is 2. The Morgan fingerprint density at radius 3 is 2.77 bits per heavy atom. The summed E-state index contributed by atoms with van der Waals surface area (Å²) < 4.78 is 0. The van der Waals surface area contributed by atoms with Crippen molar-refractivity contribution in [1.82, 2.24) is 4.90 Å². The summed E-state index contributed by atoms with van der Waals surface area (Å²) in [6, 6.07) is 0.783. The van der Waals surface area contributed by atoms with Crippen LogP contribution in [0.15, 0.2) is 0 Å². The van der Waals surface area contributed by atoms with E-state index in [4.69, 9.17) is 5.73 Å². The Hall–Kier alpha value is -0.570. The molecule has 0 aromatic heterocycles. The fraction of sp³-hybridized carbons (Fsp3) is 0.900. The summed E-state index contributed by atoms with van der Waals surface area (Å²) >= 11 is 0. The predicted octanol–water partition coefficient (Wildman–Crippen LogP) is 0.879. The van der Waals surface area contributed by atoms with Gasteiger partial charge in [0.15, 0.2) is 0 Å². The Bertz CT molecular complexity index is 205. The fourth-order valence-corrected chi connectivity index (χ4v) is 2.54. The van der Waals surface area contributed by atoms with Crippen LogP contribution in [0.1, 0.15) is 38.5 Å². The van der Waals surface area contributed by atoms with Gasteiger partial charge in [0.2, 0.25) is 5.91 Å². The second-order valence-electron chi connectivity index (χ2n) is 4.27. The molecule has 0 aromatic carbocycles. The quantitative estimate of drug-likeness (QED) is 0.654. The largest absolute Gasteiger partial charge is 0.340 e. The molecule has 3 heteroatoms.